The van der Waals surface area contributed by atoms with Crippen molar-refractivity contribution < 1.29 is 14.6 Å². The molecule has 1 aliphatic heterocycles. The van der Waals surface area contributed by atoms with E-state index < -0.39 is 0 Å². The Balaban J connectivity index is 2.87. The molecule has 0 aromatic rings. The van der Waals surface area contributed by atoms with E-state index in [0.29, 0.717) is 6.42 Å². The van der Waals surface area contributed by atoms with E-state index in [9.17, 15) is 9.90 Å². The lowest BCUT2D eigenvalue weighted by atomic mass is 10.0. The van der Waals surface area contributed by atoms with Crippen molar-refractivity contribution in [2.75, 3.05) is 25.4 Å². The van der Waals surface area contributed by atoms with E-state index in [1.807, 2.05) is 18.8 Å². The van der Waals surface area contributed by atoms with Crippen LogP contribution in [0.1, 0.15) is 6.42 Å². The van der Waals surface area contributed by atoms with Gasteiger partial charge in [0.05, 0.1) is 13.0 Å². The quantitative estimate of drug-likeness (QED) is 0.604. The molecule has 0 aliphatic carbocycles. The number of rotatable bonds is 5. The van der Waals surface area contributed by atoms with Gasteiger partial charge < -0.3 is 9.84 Å². The highest BCUT2D eigenvalue weighted by atomic mass is 32.3. The molecule has 1 heterocycles. The minimum atomic E-state index is -0.343. The highest BCUT2D eigenvalue weighted by Crippen LogP contribution is 2.53. The van der Waals surface area contributed by atoms with E-state index in [2.05, 4.69) is 0 Å². The summed E-state index contributed by atoms with van der Waals surface area (Å²) in [5, 5.41) is 9.20. The Bertz CT molecular complexity index is 222. The van der Waals surface area contributed by atoms with Gasteiger partial charge in [0.15, 0.2) is 0 Å². The lowest BCUT2D eigenvalue weighted by Gasteiger charge is -2.35. The third-order valence-corrected chi connectivity index (χ3v) is 8.22. The summed E-state index contributed by atoms with van der Waals surface area (Å²) < 4.78 is 5.01. The van der Waals surface area contributed by atoms with E-state index in [4.69, 9.17) is 4.74 Å². The highest BCUT2D eigenvalue weighted by molar-refractivity contribution is 8.33. The summed E-state index contributed by atoms with van der Waals surface area (Å²) in [5.41, 5.74) is 0. The average molecular weight is 268 g/mol. The third-order valence-electron chi connectivity index (χ3n) is 2.61. The summed E-state index contributed by atoms with van der Waals surface area (Å²) in [7, 11) is 0. The first kappa shape index (κ1) is 13.5. The molecule has 3 nitrogen and oxygen atoms in total. The van der Waals surface area contributed by atoms with Crippen LogP contribution in [0, 0.1) is 5.92 Å². The van der Waals surface area contributed by atoms with Gasteiger partial charge in [-0.15, -0.1) is 35.3 Å². The fourth-order valence-electron chi connectivity index (χ4n) is 1.83. The largest absolute Gasteiger partial charge is 0.459 e. The van der Waals surface area contributed by atoms with Gasteiger partial charge >= 0.3 is 5.97 Å². The number of aliphatic hydroxyl groups excluding tert-OH is 1. The molecule has 1 N–H and O–H groups in total. The van der Waals surface area contributed by atoms with Crippen molar-refractivity contribution in [3.05, 3.63) is 0 Å². The number of carbonyl (C=O) groups is 1. The van der Waals surface area contributed by atoms with Crippen molar-refractivity contribution in [1.29, 1.82) is 0 Å². The first-order chi connectivity index (χ1) is 7.13. The SMILES string of the molecule is CSC(SC)(SC)[C@H]1CC(=O)O[C@@H]1CO. The van der Waals surface area contributed by atoms with Gasteiger partial charge in [-0.1, -0.05) is 0 Å². The van der Waals surface area contributed by atoms with Crippen molar-refractivity contribution >= 4 is 41.3 Å². The van der Waals surface area contributed by atoms with Gasteiger partial charge in [0.2, 0.25) is 0 Å². The van der Waals surface area contributed by atoms with Gasteiger partial charge in [-0.3, -0.25) is 4.79 Å². The summed E-state index contributed by atoms with van der Waals surface area (Å²) >= 11 is 5.16. The van der Waals surface area contributed by atoms with Crippen molar-refractivity contribution in [2.45, 2.75) is 15.9 Å². The second-order valence-electron chi connectivity index (χ2n) is 3.24. The molecule has 1 rings (SSSR count). The van der Waals surface area contributed by atoms with Crippen molar-refractivity contribution in [3.8, 4) is 0 Å². The van der Waals surface area contributed by atoms with E-state index in [-0.39, 0.29) is 28.0 Å². The van der Waals surface area contributed by atoms with Crippen LogP contribution >= 0.6 is 35.3 Å². The molecule has 88 valence electrons. The molecule has 6 heteroatoms. The molecular weight excluding hydrogens is 252 g/mol. The topological polar surface area (TPSA) is 46.5 Å². The maximum atomic E-state index is 11.3. The first-order valence-corrected chi connectivity index (χ1v) is 8.26. The van der Waals surface area contributed by atoms with Crippen molar-refractivity contribution in [2.24, 2.45) is 5.92 Å². The Labute approximate surface area is 103 Å². The number of hydrogen-bond acceptors (Lipinski definition) is 6. The number of hydrogen-bond donors (Lipinski definition) is 1. The van der Waals surface area contributed by atoms with Crippen LogP contribution in [0.25, 0.3) is 0 Å². The monoisotopic (exact) mass is 268 g/mol. The second-order valence-corrected chi connectivity index (χ2v) is 7.17. The van der Waals surface area contributed by atoms with Crippen LogP contribution < -0.4 is 0 Å². The zero-order valence-corrected chi connectivity index (χ0v) is 11.5. The Morgan fingerprint density at radius 3 is 2.33 bits per heavy atom. The first-order valence-electron chi connectivity index (χ1n) is 4.59. The Hall–Kier alpha value is 0.480. The number of ether oxygens (including phenoxy) is 1. The zero-order chi connectivity index (χ0) is 11.5. The standard InChI is InChI=1S/C9H16O3S3/c1-13-9(14-2,15-3)6-4-8(11)12-7(6)5-10/h6-7,10H,4-5H2,1-3H3/t6-,7+/m0/s1. The van der Waals surface area contributed by atoms with Gasteiger partial charge in [-0.05, 0) is 18.8 Å². The molecule has 1 saturated heterocycles. The molecule has 2 atom stereocenters. The van der Waals surface area contributed by atoms with Gasteiger partial charge in [0.25, 0.3) is 0 Å². The average Bonchev–Trinajstić information content (AvgIpc) is 2.64. The van der Waals surface area contributed by atoms with Crippen LogP contribution in [0.5, 0.6) is 0 Å². The fraction of sp³-hybridized carbons (Fsp3) is 0.889. The molecule has 0 aromatic heterocycles. The van der Waals surface area contributed by atoms with E-state index in [0.717, 1.165) is 0 Å². The molecular formula is C9H16O3S3. The molecule has 0 aromatic carbocycles. The van der Waals surface area contributed by atoms with Gasteiger partial charge in [-0.25, -0.2) is 0 Å². The summed E-state index contributed by atoms with van der Waals surface area (Å²) in [6.07, 6.45) is 6.16. The fourth-order valence-corrected chi connectivity index (χ4v) is 5.44. The van der Waals surface area contributed by atoms with Gasteiger partial charge in [0.1, 0.15) is 9.52 Å². The Kier molecular flexibility index (Phi) is 5.15. The molecule has 1 aliphatic rings. The molecule has 15 heavy (non-hydrogen) atoms. The van der Waals surface area contributed by atoms with Crippen molar-refractivity contribution in [1.82, 2.24) is 0 Å². The highest BCUT2D eigenvalue weighted by Gasteiger charge is 2.48. The summed E-state index contributed by atoms with van der Waals surface area (Å²) in [6, 6.07) is 0. The predicted molar refractivity (Wildman–Crippen MR) is 68.3 cm³/mol. The van der Waals surface area contributed by atoms with Crippen LogP contribution in [0.4, 0.5) is 0 Å². The minimum absolute atomic E-state index is 0.0787. The molecule has 0 spiro atoms. The van der Waals surface area contributed by atoms with Gasteiger partial charge in [0, 0.05) is 5.92 Å². The smallest absolute Gasteiger partial charge is 0.306 e. The number of aliphatic hydroxyl groups is 1. The van der Waals surface area contributed by atoms with E-state index in [1.54, 1.807) is 35.3 Å². The van der Waals surface area contributed by atoms with Crippen LogP contribution in [0.15, 0.2) is 0 Å². The number of carbonyl (C=O) groups excluding carboxylic acids is 1. The van der Waals surface area contributed by atoms with Crippen LogP contribution in [-0.4, -0.2) is 46.0 Å². The minimum Gasteiger partial charge on any atom is -0.459 e. The third kappa shape index (κ3) is 2.60. The molecule has 0 radical (unpaired) electrons. The number of cyclic esters (lactones) is 1. The summed E-state index contributed by atoms with van der Waals surface area (Å²) in [5.74, 6) is -0.115. The molecule has 0 saturated carbocycles. The van der Waals surface area contributed by atoms with Crippen LogP contribution in [-0.2, 0) is 9.53 Å². The predicted octanol–water partition coefficient (Wildman–Crippen LogP) is 1.65. The number of thioether (sulfide) groups is 3. The molecule has 0 bridgehead atoms. The van der Waals surface area contributed by atoms with Gasteiger partial charge in [-0.2, -0.15) is 0 Å². The van der Waals surface area contributed by atoms with Crippen LogP contribution in [0.2, 0.25) is 0 Å². The maximum absolute atomic E-state index is 11.3. The van der Waals surface area contributed by atoms with Crippen molar-refractivity contribution in [3.63, 3.8) is 0 Å². The lowest BCUT2D eigenvalue weighted by Crippen LogP contribution is -2.35. The van der Waals surface area contributed by atoms with E-state index in [1.165, 1.54) is 0 Å². The van der Waals surface area contributed by atoms with Crippen LogP contribution in [0.3, 0.4) is 0 Å². The Morgan fingerprint density at radius 1 is 1.40 bits per heavy atom. The number of esters is 1. The second kappa shape index (κ2) is 5.70. The Morgan fingerprint density at radius 2 is 1.93 bits per heavy atom. The zero-order valence-electron chi connectivity index (χ0n) is 9.06. The maximum Gasteiger partial charge on any atom is 0.306 e. The summed E-state index contributed by atoms with van der Waals surface area (Å²) in [6.45, 7) is -0.0835. The molecule has 1 fully saturated rings. The normalized spacial score (nSPS) is 26.8. The molecule has 0 unspecified atom stereocenters. The lowest BCUT2D eigenvalue weighted by molar-refractivity contribution is -0.142. The summed E-state index contributed by atoms with van der Waals surface area (Å²) in [4.78, 5) is 11.3. The van der Waals surface area contributed by atoms with E-state index >= 15 is 0 Å². The molecule has 0 amide bonds.